The van der Waals surface area contributed by atoms with Gasteiger partial charge in [0.05, 0.1) is 19.0 Å². The molecule has 86 valence electrons. The minimum absolute atomic E-state index is 0.681. The molecule has 0 aliphatic carbocycles. The molecular formula is C12H17N3O. The molecule has 2 atom stereocenters. The molecule has 0 unspecified atom stereocenters. The number of pyridine rings is 1. The number of anilines is 1. The van der Waals surface area contributed by atoms with Gasteiger partial charge in [0.2, 0.25) is 5.88 Å². The Kier molecular flexibility index (Phi) is 2.44. The van der Waals surface area contributed by atoms with Crippen LogP contribution in [0.25, 0.3) is 0 Å². The van der Waals surface area contributed by atoms with Crippen LogP contribution in [0.4, 0.5) is 5.69 Å². The van der Waals surface area contributed by atoms with E-state index in [0.29, 0.717) is 11.9 Å². The van der Waals surface area contributed by atoms with Gasteiger partial charge in [-0.3, -0.25) is 0 Å². The van der Waals surface area contributed by atoms with Crippen LogP contribution < -0.4 is 15.0 Å². The molecule has 4 heteroatoms. The van der Waals surface area contributed by atoms with Gasteiger partial charge in [-0.05, 0) is 24.9 Å². The summed E-state index contributed by atoms with van der Waals surface area (Å²) in [4.78, 5) is 6.65. The van der Waals surface area contributed by atoms with E-state index in [1.54, 1.807) is 7.11 Å². The summed E-state index contributed by atoms with van der Waals surface area (Å²) in [6.07, 6.45) is 3.20. The van der Waals surface area contributed by atoms with E-state index in [9.17, 15) is 0 Å². The molecule has 2 saturated heterocycles. The van der Waals surface area contributed by atoms with Crippen molar-refractivity contribution in [3.05, 3.63) is 18.3 Å². The van der Waals surface area contributed by atoms with Crippen LogP contribution in [0.15, 0.2) is 18.3 Å². The SMILES string of the molecule is COc1ccc(N2CC[C@H]3CN[C@H]3C2)cn1. The first kappa shape index (κ1) is 9.90. The number of nitrogens with zero attached hydrogens (tertiary/aromatic N) is 2. The van der Waals surface area contributed by atoms with E-state index >= 15 is 0 Å². The summed E-state index contributed by atoms with van der Waals surface area (Å²) in [5.74, 6) is 1.59. The van der Waals surface area contributed by atoms with E-state index in [1.165, 1.54) is 18.7 Å². The van der Waals surface area contributed by atoms with Crippen LogP contribution in [0, 0.1) is 5.92 Å². The average Bonchev–Trinajstić information content (AvgIpc) is 2.31. The second kappa shape index (κ2) is 3.94. The molecule has 0 saturated carbocycles. The first-order chi connectivity index (χ1) is 7.86. The maximum Gasteiger partial charge on any atom is 0.213 e. The molecule has 2 aliphatic heterocycles. The van der Waals surface area contributed by atoms with Crippen molar-refractivity contribution in [1.29, 1.82) is 0 Å². The number of methoxy groups -OCH3 is 1. The highest BCUT2D eigenvalue weighted by molar-refractivity contribution is 5.46. The summed E-state index contributed by atoms with van der Waals surface area (Å²) in [6.45, 7) is 3.47. The molecule has 0 aromatic carbocycles. The van der Waals surface area contributed by atoms with Gasteiger partial charge >= 0.3 is 0 Å². The normalized spacial score (nSPS) is 28.2. The van der Waals surface area contributed by atoms with Crippen molar-refractivity contribution < 1.29 is 4.74 Å². The monoisotopic (exact) mass is 219 g/mol. The Morgan fingerprint density at radius 3 is 3.00 bits per heavy atom. The molecule has 3 rings (SSSR count). The fourth-order valence-corrected chi connectivity index (χ4v) is 2.53. The number of aromatic nitrogens is 1. The van der Waals surface area contributed by atoms with E-state index in [1.807, 2.05) is 12.3 Å². The van der Waals surface area contributed by atoms with Gasteiger partial charge in [0, 0.05) is 25.2 Å². The number of ether oxygens (including phenoxy) is 1. The number of hydrogen-bond acceptors (Lipinski definition) is 4. The molecule has 1 aromatic heterocycles. The third-order valence-electron chi connectivity index (χ3n) is 3.69. The van der Waals surface area contributed by atoms with Crippen molar-refractivity contribution in [2.75, 3.05) is 31.6 Å². The Morgan fingerprint density at radius 1 is 1.50 bits per heavy atom. The highest BCUT2D eigenvalue weighted by Crippen LogP contribution is 2.27. The van der Waals surface area contributed by atoms with Crippen molar-refractivity contribution in [2.45, 2.75) is 12.5 Å². The molecule has 0 amide bonds. The largest absolute Gasteiger partial charge is 0.481 e. The molecule has 2 aliphatic rings. The van der Waals surface area contributed by atoms with Crippen molar-refractivity contribution in [3.63, 3.8) is 0 Å². The lowest BCUT2D eigenvalue weighted by molar-refractivity contribution is 0.197. The lowest BCUT2D eigenvalue weighted by Gasteiger charge is -2.46. The van der Waals surface area contributed by atoms with Crippen LogP contribution in [-0.2, 0) is 0 Å². The fraction of sp³-hybridized carbons (Fsp3) is 0.583. The summed E-state index contributed by atoms with van der Waals surface area (Å²) < 4.78 is 5.06. The third kappa shape index (κ3) is 1.63. The Labute approximate surface area is 95.6 Å². The van der Waals surface area contributed by atoms with Crippen LogP contribution >= 0.6 is 0 Å². The van der Waals surface area contributed by atoms with E-state index in [4.69, 9.17) is 4.74 Å². The Balaban J connectivity index is 1.71. The molecule has 0 bridgehead atoms. The van der Waals surface area contributed by atoms with Gasteiger partial charge in [-0.2, -0.15) is 0 Å². The summed E-state index contributed by atoms with van der Waals surface area (Å²) in [6, 6.07) is 4.70. The Morgan fingerprint density at radius 2 is 2.44 bits per heavy atom. The van der Waals surface area contributed by atoms with Crippen LogP contribution in [-0.4, -0.2) is 37.8 Å². The Bertz CT molecular complexity index is 365. The van der Waals surface area contributed by atoms with E-state index in [-0.39, 0.29) is 0 Å². The summed E-state index contributed by atoms with van der Waals surface area (Å²) in [5, 5.41) is 3.48. The third-order valence-corrected chi connectivity index (χ3v) is 3.69. The number of hydrogen-bond donors (Lipinski definition) is 1. The van der Waals surface area contributed by atoms with Crippen molar-refractivity contribution in [1.82, 2.24) is 10.3 Å². The molecule has 4 nitrogen and oxygen atoms in total. The number of fused-ring (bicyclic) bond motifs is 1. The van der Waals surface area contributed by atoms with E-state index in [2.05, 4.69) is 21.3 Å². The standard InChI is InChI=1S/C12H17N3O/c1-16-12-3-2-10(7-14-12)15-5-4-9-6-13-11(9)8-15/h2-3,7,9,11,13H,4-6,8H2,1H3/t9-,11-/m0/s1. The van der Waals surface area contributed by atoms with E-state index in [0.717, 1.165) is 19.0 Å². The molecule has 1 N–H and O–H groups in total. The highest BCUT2D eigenvalue weighted by atomic mass is 16.5. The Hall–Kier alpha value is -1.29. The van der Waals surface area contributed by atoms with Crippen molar-refractivity contribution in [2.24, 2.45) is 5.92 Å². The smallest absolute Gasteiger partial charge is 0.213 e. The summed E-state index contributed by atoms with van der Waals surface area (Å²) >= 11 is 0. The lowest BCUT2D eigenvalue weighted by Crippen LogP contribution is -2.62. The first-order valence-corrected chi connectivity index (χ1v) is 5.85. The predicted octanol–water partition coefficient (Wildman–Crippen LogP) is 0.888. The zero-order valence-corrected chi connectivity index (χ0v) is 9.52. The molecule has 1 aromatic rings. The van der Waals surface area contributed by atoms with Crippen LogP contribution in [0.2, 0.25) is 0 Å². The van der Waals surface area contributed by atoms with Gasteiger partial charge in [0.15, 0.2) is 0 Å². The maximum atomic E-state index is 5.06. The molecule has 16 heavy (non-hydrogen) atoms. The zero-order chi connectivity index (χ0) is 11.0. The first-order valence-electron chi connectivity index (χ1n) is 5.85. The molecule has 0 spiro atoms. The van der Waals surface area contributed by atoms with Gasteiger partial charge in [-0.1, -0.05) is 0 Å². The summed E-state index contributed by atoms with van der Waals surface area (Å²) in [7, 11) is 1.64. The van der Waals surface area contributed by atoms with Crippen LogP contribution in [0.5, 0.6) is 5.88 Å². The minimum atomic E-state index is 0.681. The van der Waals surface area contributed by atoms with Gasteiger partial charge in [0.1, 0.15) is 0 Å². The van der Waals surface area contributed by atoms with Crippen molar-refractivity contribution >= 4 is 5.69 Å². The topological polar surface area (TPSA) is 37.4 Å². The average molecular weight is 219 g/mol. The minimum Gasteiger partial charge on any atom is -0.481 e. The van der Waals surface area contributed by atoms with Crippen LogP contribution in [0.1, 0.15) is 6.42 Å². The second-order valence-electron chi connectivity index (χ2n) is 4.57. The highest BCUT2D eigenvalue weighted by Gasteiger charge is 2.35. The number of nitrogens with one attached hydrogen (secondary N) is 1. The van der Waals surface area contributed by atoms with Gasteiger partial charge < -0.3 is 15.0 Å². The molecule has 2 fully saturated rings. The van der Waals surface area contributed by atoms with Gasteiger partial charge in [0.25, 0.3) is 0 Å². The van der Waals surface area contributed by atoms with Crippen molar-refractivity contribution in [3.8, 4) is 5.88 Å². The van der Waals surface area contributed by atoms with E-state index < -0.39 is 0 Å². The predicted molar refractivity (Wildman–Crippen MR) is 62.9 cm³/mol. The molecular weight excluding hydrogens is 202 g/mol. The molecule has 0 radical (unpaired) electrons. The molecule has 3 heterocycles. The van der Waals surface area contributed by atoms with Gasteiger partial charge in [-0.25, -0.2) is 4.98 Å². The second-order valence-corrected chi connectivity index (χ2v) is 4.57. The zero-order valence-electron chi connectivity index (χ0n) is 9.52. The van der Waals surface area contributed by atoms with Gasteiger partial charge in [-0.15, -0.1) is 0 Å². The summed E-state index contributed by atoms with van der Waals surface area (Å²) in [5.41, 5.74) is 1.20. The van der Waals surface area contributed by atoms with Crippen LogP contribution in [0.3, 0.4) is 0 Å². The number of piperidine rings is 1. The maximum absolute atomic E-state index is 5.06. The number of rotatable bonds is 2. The lowest BCUT2D eigenvalue weighted by atomic mass is 9.85. The fourth-order valence-electron chi connectivity index (χ4n) is 2.53. The quantitative estimate of drug-likeness (QED) is 0.801.